The van der Waals surface area contributed by atoms with Gasteiger partial charge in [0, 0.05) is 17.9 Å². The zero-order valence-electron chi connectivity index (χ0n) is 14.1. The number of rotatable bonds is 3. The SMILES string of the molecule is NCCc1ccc(C2C(O)CC(Cl)C3NC(=O)C4SC=CC4C32)cc1F. The van der Waals surface area contributed by atoms with E-state index < -0.39 is 6.10 Å². The van der Waals surface area contributed by atoms with E-state index in [9.17, 15) is 14.3 Å². The van der Waals surface area contributed by atoms with Gasteiger partial charge >= 0.3 is 0 Å². The predicted octanol–water partition coefficient (Wildman–Crippen LogP) is 2.14. The summed E-state index contributed by atoms with van der Waals surface area (Å²) in [6, 6.07) is 4.92. The molecule has 7 heteroatoms. The molecule has 2 fully saturated rings. The molecule has 4 nitrogen and oxygen atoms in total. The van der Waals surface area contributed by atoms with Crippen molar-refractivity contribution in [3.05, 3.63) is 46.6 Å². The van der Waals surface area contributed by atoms with Crippen LogP contribution in [0.25, 0.3) is 0 Å². The molecule has 1 aromatic carbocycles. The third-order valence-corrected chi connectivity index (χ3v) is 7.45. The summed E-state index contributed by atoms with van der Waals surface area (Å²) in [5.74, 6) is -0.636. The highest BCUT2D eigenvalue weighted by atomic mass is 35.5. The molecule has 26 heavy (non-hydrogen) atoms. The molecule has 0 radical (unpaired) electrons. The number of hydrogen-bond acceptors (Lipinski definition) is 4. The van der Waals surface area contributed by atoms with Crippen LogP contribution < -0.4 is 11.1 Å². The topological polar surface area (TPSA) is 75.3 Å². The van der Waals surface area contributed by atoms with Crippen molar-refractivity contribution in [3.63, 3.8) is 0 Å². The summed E-state index contributed by atoms with van der Waals surface area (Å²) >= 11 is 7.99. The Morgan fingerprint density at radius 1 is 1.42 bits per heavy atom. The van der Waals surface area contributed by atoms with Crippen LogP contribution in [0.2, 0.25) is 0 Å². The third kappa shape index (κ3) is 2.97. The molecule has 7 unspecified atom stereocenters. The summed E-state index contributed by atoms with van der Waals surface area (Å²) in [4.78, 5) is 12.4. The lowest BCUT2D eigenvalue weighted by Crippen LogP contribution is -2.63. The normalized spacial score (nSPS) is 38.6. The fourth-order valence-corrected chi connectivity index (χ4v) is 6.21. The summed E-state index contributed by atoms with van der Waals surface area (Å²) < 4.78 is 14.5. The molecule has 2 aliphatic heterocycles. The van der Waals surface area contributed by atoms with E-state index in [0.717, 1.165) is 5.56 Å². The number of fused-ring (bicyclic) bond motifs is 3. The first kappa shape index (κ1) is 18.3. The molecule has 1 aliphatic carbocycles. The second-order valence-corrected chi connectivity index (χ2v) is 8.92. The number of nitrogens with two attached hydrogens (primary N) is 1. The number of thioether (sulfide) groups is 1. The highest BCUT2D eigenvalue weighted by molar-refractivity contribution is 8.03. The standard InChI is InChI=1S/C19H22ClFN2O2S/c20-12-8-14(24)15(10-2-1-9(3-5-22)13(21)7-10)16-11-4-6-26-18(11)19(25)23-17(12)16/h1-2,4,6-7,11-12,14-18,24H,3,5,8,22H2,(H,23,25). The number of aliphatic hydroxyl groups is 1. The maximum atomic E-state index is 14.5. The van der Waals surface area contributed by atoms with Gasteiger partial charge in [0.1, 0.15) is 5.82 Å². The molecule has 7 atom stereocenters. The van der Waals surface area contributed by atoms with Crippen LogP contribution in [-0.2, 0) is 11.2 Å². The van der Waals surface area contributed by atoms with E-state index >= 15 is 0 Å². The highest BCUT2D eigenvalue weighted by Crippen LogP contribution is 2.51. The second kappa shape index (κ2) is 7.15. The van der Waals surface area contributed by atoms with Crippen LogP contribution in [0.3, 0.4) is 0 Å². The number of allylic oxidation sites excluding steroid dienone is 1. The van der Waals surface area contributed by atoms with E-state index in [0.29, 0.717) is 24.9 Å². The van der Waals surface area contributed by atoms with Crippen LogP contribution in [0.5, 0.6) is 0 Å². The van der Waals surface area contributed by atoms with Gasteiger partial charge in [-0.3, -0.25) is 4.79 Å². The zero-order chi connectivity index (χ0) is 18.4. The van der Waals surface area contributed by atoms with Gasteiger partial charge in [-0.15, -0.1) is 23.4 Å². The van der Waals surface area contributed by atoms with Gasteiger partial charge in [0.25, 0.3) is 0 Å². The van der Waals surface area contributed by atoms with Gasteiger partial charge in [0.15, 0.2) is 0 Å². The number of carbonyl (C=O) groups is 1. The Kier molecular flexibility index (Phi) is 5.03. The Labute approximate surface area is 161 Å². The lowest BCUT2D eigenvalue weighted by Gasteiger charge is -2.50. The number of nitrogens with one attached hydrogen (secondary N) is 1. The van der Waals surface area contributed by atoms with E-state index in [1.54, 1.807) is 6.07 Å². The van der Waals surface area contributed by atoms with Crippen molar-refractivity contribution in [2.45, 2.75) is 41.5 Å². The summed E-state index contributed by atoms with van der Waals surface area (Å²) in [6.07, 6.45) is 2.22. The van der Waals surface area contributed by atoms with Gasteiger partial charge in [-0.25, -0.2) is 4.39 Å². The Bertz CT molecular complexity index is 746. The molecule has 140 valence electrons. The van der Waals surface area contributed by atoms with Crippen molar-refractivity contribution in [2.75, 3.05) is 6.54 Å². The molecule has 1 amide bonds. The first-order valence-corrected chi connectivity index (χ1v) is 10.3. The predicted molar refractivity (Wildman–Crippen MR) is 102 cm³/mol. The average Bonchev–Trinajstić information content (AvgIpc) is 3.09. The van der Waals surface area contributed by atoms with Crippen LogP contribution in [0.15, 0.2) is 29.7 Å². The van der Waals surface area contributed by atoms with Gasteiger partial charge in [-0.1, -0.05) is 18.2 Å². The molecule has 2 heterocycles. The average molecular weight is 397 g/mol. The maximum Gasteiger partial charge on any atom is 0.234 e. The lowest BCUT2D eigenvalue weighted by molar-refractivity contribution is -0.126. The number of halogens is 2. The second-order valence-electron chi connectivity index (χ2n) is 7.31. The van der Waals surface area contributed by atoms with Crippen LogP contribution in [-0.4, -0.2) is 40.3 Å². The molecule has 3 aliphatic rings. The number of carbonyl (C=O) groups excluding carboxylic acids is 1. The van der Waals surface area contributed by atoms with Crippen molar-refractivity contribution in [1.82, 2.24) is 5.32 Å². The van der Waals surface area contributed by atoms with Crippen LogP contribution in [0.4, 0.5) is 4.39 Å². The monoisotopic (exact) mass is 396 g/mol. The van der Waals surface area contributed by atoms with E-state index in [2.05, 4.69) is 5.32 Å². The largest absolute Gasteiger partial charge is 0.392 e. The van der Waals surface area contributed by atoms with Gasteiger partial charge in [-0.05, 0) is 47.9 Å². The first-order valence-electron chi connectivity index (χ1n) is 8.94. The van der Waals surface area contributed by atoms with E-state index in [1.807, 2.05) is 17.6 Å². The number of benzene rings is 1. The molecular formula is C19H22ClFN2O2S. The molecule has 0 bridgehead atoms. The Morgan fingerprint density at radius 3 is 2.96 bits per heavy atom. The number of aliphatic hydroxyl groups excluding tert-OH is 1. The zero-order valence-corrected chi connectivity index (χ0v) is 15.7. The molecule has 4 rings (SSSR count). The van der Waals surface area contributed by atoms with Crippen molar-refractivity contribution in [3.8, 4) is 0 Å². The maximum absolute atomic E-state index is 14.5. The first-order chi connectivity index (χ1) is 12.5. The fourth-order valence-electron chi connectivity index (χ4n) is 4.71. The minimum absolute atomic E-state index is 0.00323. The van der Waals surface area contributed by atoms with E-state index in [4.69, 9.17) is 17.3 Å². The summed E-state index contributed by atoms with van der Waals surface area (Å²) in [7, 11) is 0. The summed E-state index contributed by atoms with van der Waals surface area (Å²) in [6.45, 7) is 0.388. The van der Waals surface area contributed by atoms with Crippen molar-refractivity contribution >= 4 is 29.3 Å². The van der Waals surface area contributed by atoms with Gasteiger partial charge in [-0.2, -0.15) is 0 Å². The van der Waals surface area contributed by atoms with Crippen LogP contribution in [0.1, 0.15) is 23.5 Å². The highest BCUT2D eigenvalue weighted by Gasteiger charge is 2.54. The van der Waals surface area contributed by atoms with E-state index in [1.165, 1.54) is 17.8 Å². The van der Waals surface area contributed by atoms with Crippen molar-refractivity contribution in [2.24, 2.45) is 17.6 Å². The van der Waals surface area contributed by atoms with E-state index in [-0.39, 0.29) is 46.1 Å². The van der Waals surface area contributed by atoms with Crippen LogP contribution in [0, 0.1) is 17.7 Å². The number of alkyl halides is 1. The van der Waals surface area contributed by atoms with Crippen molar-refractivity contribution in [1.29, 1.82) is 0 Å². The molecule has 0 aromatic heterocycles. The molecule has 1 aromatic rings. The number of hydrogen-bond donors (Lipinski definition) is 3. The molecule has 0 spiro atoms. The number of amides is 1. The van der Waals surface area contributed by atoms with Gasteiger partial charge < -0.3 is 16.2 Å². The van der Waals surface area contributed by atoms with Gasteiger partial charge in [0.2, 0.25) is 5.91 Å². The quantitative estimate of drug-likeness (QED) is 0.684. The van der Waals surface area contributed by atoms with Gasteiger partial charge in [0.05, 0.1) is 16.7 Å². The molecule has 1 saturated carbocycles. The molecule has 4 N–H and O–H groups in total. The third-order valence-electron chi connectivity index (χ3n) is 5.86. The Morgan fingerprint density at radius 2 is 2.23 bits per heavy atom. The fraction of sp³-hybridized carbons (Fsp3) is 0.526. The molecule has 1 saturated heterocycles. The Hall–Kier alpha value is -1.08. The van der Waals surface area contributed by atoms with Crippen LogP contribution >= 0.6 is 23.4 Å². The smallest absolute Gasteiger partial charge is 0.234 e. The molecular weight excluding hydrogens is 375 g/mol. The minimum Gasteiger partial charge on any atom is -0.392 e. The van der Waals surface area contributed by atoms with Crippen molar-refractivity contribution < 1.29 is 14.3 Å². The summed E-state index contributed by atoms with van der Waals surface area (Å²) in [5, 5.41) is 15.3. The number of piperidine rings is 1. The lowest BCUT2D eigenvalue weighted by atomic mass is 9.63. The minimum atomic E-state index is -0.673. The Balaban J connectivity index is 1.73. The summed E-state index contributed by atoms with van der Waals surface area (Å²) in [5.41, 5.74) is 6.88.